The van der Waals surface area contributed by atoms with Crippen molar-refractivity contribution in [2.24, 2.45) is 5.92 Å². The minimum atomic E-state index is 0.530. The van der Waals surface area contributed by atoms with Crippen LogP contribution < -0.4 is 5.32 Å². The van der Waals surface area contributed by atoms with E-state index in [0.29, 0.717) is 18.1 Å². The van der Waals surface area contributed by atoms with Crippen molar-refractivity contribution in [2.45, 2.75) is 84.3 Å². The lowest BCUT2D eigenvalue weighted by Gasteiger charge is -2.26. The minimum Gasteiger partial charge on any atom is -0.377 e. The number of ether oxygens (including phenoxy) is 1. The molecular weight excluding hydrogens is 222 g/mol. The molecular formula is C16H33NO. The highest BCUT2D eigenvalue weighted by Gasteiger charge is 2.18. The summed E-state index contributed by atoms with van der Waals surface area (Å²) in [7, 11) is 0. The lowest BCUT2D eigenvalue weighted by atomic mass is 9.99. The first-order valence-corrected chi connectivity index (χ1v) is 8.12. The van der Waals surface area contributed by atoms with Crippen molar-refractivity contribution >= 4 is 0 Å². The SMILES string of the molecule is CCCNC(COC1CCCCCC1)C(C)CC. The number of rotatable bonds is 8. The summed E-state index contributed by atoms with van der Waals surface area (Å²) in [5.41, 5.74) is 0. The van der Waals surface area contributed by atoms with E-state index in [1.807, 2.05) is 0 Å². The minimum absolute atomic E-state index is 0.530. The molecule has 2 heteroatoms. The molecule has 2 unspecified atom stereocenters. The van der Waals surface area contributed by atoms with Crippen LogP contribution in [0.5, 0.6) is 0 Å². The summed E-state index contributed by atoms with van der Waals surface area (Å²) in [5.74, 6) is 0.710. The van der Waals surface area contributed by atoms with Gasteiger partial charge >= 0.3 is 0 Å². The van der Waals surface area contributed by atoms with E-state index < -0.39 is 0 Å². The van der Waals surface area contributed by atoms with Gasteiger partial charge in [0, 0.05) is 6.04 Å². The molecule has 1 aliphatic rings. The van der Waals surface area contributed by atoms with Gasteiger partial charge in [-0.25, -0.2) is 0 Å². The third-order valence-corrected chi connectivity index (χ3v) is 4.30. The van der Waals surface area contributed by atoms with Crippen molar-refractivity contribution in [1.82, 2.24) is 5.32 Å². The summed E-state index contributed by atoms with van der Waals surface area (Å²) in [6.45, 7) is 8.86. The standard InChI is InChI=1S/C16H33NO/c1-4-12-17-16(14(3)5-2)13-18-15-10-8-6-7-9-11-15/h14-17H,4-13H2,1-3H3. The molecule has 0 aromatic heterocycles. The maximum atomic E-state index is 6.18. The Kier molecular flexibility index (Phi) is 8.70. The number of hydrogen-bond acceptors (Lipinski definition) is 2. The van der Waals surface area contributed by atoms with Gasteiger partial charge < -0.3 is 10.1 Å². The van der Waals surface area contributed by atoms with Crippen molar-refractivity contribution in [2.75, 3.05) is 13.2 Å². The fourth-order valence-corrected chi connectivity index (χ4v) is 2.69. The van der Waals surface area contributed by atoms with Gasteiger partial charge in [-0.15, -0.1) is 0 Å². The highest BCUT2D eigenvalue weighted by Crippen LogP contribution is 2.20. The topological polar surface area (TPSA) is 21.3 Å². The zero-order chi connectivity index (χ0) is 13.2. The summed E-state index contributed by atoms with van der Waals surface area (Å²) in [6, 6.07) is 0.540. The number of hydrogen-bond donors (Lipinski definition) is 1. The van der Waals surface area contributed by atoms with E-state index in [0.717, 1.165) is 13.2 Å². The van der Waals surface area contributed by atoms with Gasteiger partial charge in [-0.3, -0.25) is 0 Å². The first kappa shape index (κ1) is 16.0. The lowest BCUT2D eigenvalue weighted by Crippen LogP contribution is -2.40. The Morgan fingerprint density at radius 1 is 1.11 bits per heavy atom. The highest BCUT2D eigenvalue weighted by molar-refractivity contribution is 4.73. The van der Waals surface area contributed by atoms with E-state index in [4.69, 9.17) is 4.74 Å². The van der Waals surface area contributed by atoms with Crippen LogP contribution in [-0.2, 0) is 4.74 Å². The zero-order valence-corrected chi connectivity index (χ0v) is 12.7. The molecule has 1 rings (SSSR count). The smallest absolute Gasteiger partial charge is 0.0625 e. The molecule has 1 N–H and O–H groups in total. The Morgan fingerprint density at radius 3 is 2.33 bits per heavy atom. The van der Waals surface area contributed by atoms with Crippen LogP contribution in [0.25, 0.3) is 0 Å². The van der Waals surface area contributed by atoms with Crippen LogP contribution in [0.3, 0.4) is 0 Å². The molecule has 2 nitrogen and oxygen atoms in total. The molecule has 18 heavy (non-hydrogen) atoms. The van der Waals surface area contributed by atoms with E-state index in [9.17, 15) is 0 Å². The molecule has 1 fully saturated rings. The Labute approximate surface area is 114 Å². The molecule has 0 heterocycles. The van der Waals surface area contributed by atoms with Crippen LogP contribution >= 0.6 is 0 Å². The monoisotopic (exact) mass is 255 g/mol. The van der Waals surface area contributed by atoms with Gasteiger partial charge in [-0.05, 0) is 31.7 Å². The molecule has 1 aliphatic carbocycles. The summed E-state index contributed by atoms with van der Waals surface area (Å²) in [4.78, 5) is 0. The van der Waals surface area contributed by atoms with Gasteiger partial charge in [-0.1, -0.05) is 52.9 Å². The van der Waals surface area contributed by atoms with Crippen molar-refractivity contribution < 1.29 is 4.74 Å². The maximum absolute atomic E-state index is 6.18. The van der Waals surface area contributed by atoms with E-state index in [1.165, 1.54) is 51.4 Å². The first-order chi connectivity index (χ1) is 8.77. The molecule has 108 valence electrons. The van der Waals surface area contributed by atoms with Crippen molar-refractivity contribution in [3.05, 3.63) is 0 Å². The summed E-state index contributed by atoms with van der Waals surface area (Å²) >= 11 is 0. The lowest BCUT2D eigenvalue weighted by molar-refractivity contribution is 0.0201. The molecule has 0 saturated heterocycles. The summed E-state index contributed by atoms with van der Waals surface area (Å²) < 4.78 is 6.18. The second-order valence-corrected chi connectivity index (χ2v) is 5.89. The fourth-order valence-electron chi connectivity index (χ4n) is 2.69. The number of nitrogens with one attached hydrogen (secondary N) is 1. The molecule has 0 aromatic rings. The molecule has 0 amide bonds. The van der Waals surface area contributed by atoms with Crippen molar-refractivity contribution in [3.8, 4) is 0 Å². The molecule has 0 aliphatic heterocycles. The maximum Gasteiger partial charge on any atom is 0.0625 e. The molecule has 0 bridgehead atoms. The second-order valence-electron chi connectivity index (χ2n) is 5.89. The Balaban J connectivity index is 2.29. The normalized spacial score (nSPS) is 21.5. The third kappa shape index (κ3) is 6.19. The molecule has 1 saturated carbocycles. The highest BCUT2D eigenvalue weighted by atomic mass is 16.5. The van der Waals surface area contributed by atoms with Crippen molar-refractivity contribution in [1.29, 1.82) is 0 Å². The largest absolute Gasteiger partial charge is 0.377 e. The van der Waals surface area contributed by atoms with Crippen LogP contribution in [0.2, 0.25) is 0 Å². The van der Waals surface area contributed by atoms with E-state index in [2.05, 4.69) is 26.1 Å². The predicted molar refractivity (Wildman–Crippen MR) is 79.0 cm³/mol. The van der Waals surface area contributed by atoms with Crippen LogP contribution in [0, 0.1) is 5.92 Å². The first-order valence-electron chi connectivity index (χ1n) is 8.12. The Morgan fingerprint density at radius 2 is 1.78 bits per heavy atom. The Hall–Kier alpha value is -0.0800. The molecule has 0 radical (unpaired) electrons. The van der Waals surface area contributed by atoms with E-state index in [-0.39, 0.29) is 0 Å². The average Bonchev–Trinajstić information content (AvgIpc) is 2.66. The van der Waals surface area contributed by atoms with Crippen LogP contribution in [0.1, 0.15) is 72.1 Å². The van der Waals surface area contributed by atoms with Crippen LogP contribution in [0.4, 0.5) is 0 Å². The van der Waals surface area contributed by atoms with Gasteiger partial charge in [0.2, 0.25) is 0 Å². The van der Waals surface area contributed by atoms with Gasteiger partial charge in [0.1, 0.15) is 0 Å². The third-order valence-electron chi connectivity index (χ3n) is 4.30. The van der Waals surface area contributed by atoms with Crippen LogP contribution in [-0.4, -0.2) is 25.3 Å². The van der Waals surface area contributed by atoms with Gasteiger partial charge in [0.25, 0.3) is 0 Å². The van der Waals surface area contributed by atoms with Crippen molar-refractivity contribution in [3.63, 3.8) is 0 Å². The predicted octanol–water partition coefficient (Wildman–Crippen LogP) is 4.14. The van der Waals surface area contributed by atoms with E-state index >= 15 is 0 Å². The van der Waals surface area contributed by atoms with Crippen LogP contribution in [0.15, 0.2) is 0 Å². The molecule has 0 spiro atoms. The second kappa shape index (κ2) is 9.80. The fraction of sp³-hybridized carbons (Fsp3) is 1.00. The van der Waals surface area contributed by atoms with E-state index in [1.54, 1.807) is 0 Å². The Bertz CT molecular complexity index is 188. The summed E-state index contributed by atoms with van der Waals surface area (Å²) in [5, 5.41) is 3.65. The molecule has 2 atom stereocenters. The van der Waals surface area contributed by atoms with Gasteiger partial charge in [0.05, 0.1) is 12.7 Å². The summed E-state index contributed by atoms with van der Waals surface area (Å²) in [6.07, 6.45) is 11.1. The quantitative estimate of drug-likeness (QED) is 0.658. The van der Waals surface area contributed by atoms with Gasteiger partial charge in [0.15, 0.2) is 0 Å². The zero-order valence-electron chi connectivity index (χ0n) is 12.7. The molecule has 0 aromatic carbocycles. The average molecular weight is 255 g/mol. The van der Waals surface area contributed by atoms with Gasteiger partial charge in [-0.2, -0.15) is 0 Å².